The quantitative estimate of drug-likeness (QED) is 0.228. The number of nitrogens with zero attached hydrogens (tertiary/aromatic N) is 3. The Balaban J connectivity index is 0.00000192. The lowest BCUT2D eigenvalue weighted by Crippen LogP contribution is -2.42. The van der Waals surface area contributed by atoms with Gasteiger partial charge in [0, 0.05) is 12.8 Å². The highest BCUT2D eigenvalue weighted by molar-refractivity contribution is 14.0. The molecule has 2 fully saturated rings. The summed E-state index contributed by atoms with van der Waals surface area (Å²) < 4.78 is 4.87. The Bertz CT molecular complexity index is 580. The van der Waals surface area contributed by atoms with Gasteiger partial charge in [-0.05, 0) is 55.3 Å². The van der Waals surface area contributed by atoms with Gasteiger partial charge < -0.3 is 5.11 Å². The van der Waals surface area contributed by atoms with Crippen LogP contribution < -0.4 is 9.98 Å². The number of aromatic hydroxyl groups is 1. The number of halogens is 1. The van der Waals surface area contributed by atoms with Crippen LogP contribution in [0.3, 0.4) is 0 Å². The maximum atomic E-state index is 9.42. The van der Waals surface area contributed by atoms with Gasteiger partial charge in [-0.3, -0.25) is 15.1 Å². The van der Waals surface area contributed by atoms with E-state index in [1.165, 1.54) is 19.3 Å². The molecule has 0 radical (unpaired) electrons. The van der Waals surface area contributed by atoms with Crippen LogP contribution in [0.5, 0.6) is 5.75 Å². The molecule has 0 unspecified atom stereocenters. The fourth-order valence-electron chi connectivity index (χ4n) is 2.65. The average molecular weight is 447 g/mol. The zero-order valence-electron chi connectivity index (χ0n) is 13.4. The second kappa shape index (κ2) is 8.70. The van der Waals surface area contributed by atoms with Crippen molar-refractivity contribution in [3.8, 4) is 5.75 Å². The number of nitrogens with one attached hydrogen (secondary N) is 1. The molecular weight excluding hydrogens is 423 g/mol. The van der Waals surface area contributed by atoms with Crippen molar-refractivity contribution in [1.29, 1.82) is 0 Å². The summed E-state index contributed by atoms with van der Waals surface area (Å²) in [6, 6.07) is 7.15. The third kappa shape index (κ3) is 4.96. The summed E-state index contributed by atoms with van der Waals surface area (Å²) in [6.45, 7) is 3.15. The Morgan fingerprint density at radius 2 is 1.83 bits per heavy atom. The molecule has 0 bridgehead atoms. The number of hydrogen-bond donors (Lipinski definition) is 2. The Kier molecular flexibility index (Phi) is 6.92. The number of anilines is 1. The molecule has 3 rings (SSSR count). The van der Waals surface area contributed by atoms with E-state index in [9.17, 15) is 5.11 Å². The third-order valence-corrected chi connectivity index (χ3v) is 5.01. The van der Waals surface area contributed by atoms with Crippen molar-refractivity contribution in [1.82, 2.24) is 14.5 Å². The Labute approximate surface area is 158 Å². The van der Waals surface area contributed by atoms with Crippen molar-refractivity contribution in [3.05, 3.63) is 24.3 Å². The lowest BCUT2D eigenvalue weighted by molar-refractivity contribution is 0.341. The van der Waals surface area contributed by atoms with Crippen LogP contribution in [0.25, 0.3) is 0 Å². The number of phenolic OH excluding ortho intramolecular Hbond substituents is 1. The molecule has 2 N–H and O–H groups in total. The third-order valence-electron chi connectivity index (χ3n) is 3.96. The van der Waals surface area contributed by atoms with E-state index in [2.05, 4.69) is 22.2 Å². The Morgan fingerprint density at radius 3 is 2.43 bits per heavy atom. The molecule has 2 heterocycles. The van der Waals surface area contributed by atoms with E-state index >= 15 is 0 Å². The minimum atomic E-state index is 0. The summed E-state index contributed by atoms with van der Waals surface area (Å²) in [4.78, 5) is 4.53. The first kappa shape index (κ1) is 18.3. The Hall–Kier alpha value is -1.05. The molecule has 1 aromatic rings. The van der Waals surface area contributed by atoms with Crippen LogP contribution in [-0.4, -0.2) is 58.5 Å². The first-order valence-electron chi connectivity index (χ1n) is 7.83. The molecule has 2 aliphatic heterocycles. The monoisotopic (exact) mass is 447 g/mol. The van der Waals surface area contributed by atoms with Crippen LogP contribution in [0.2, 0.25) is 0 Å². The summed E-state index contributed by atoms with van der Waals surface area (Å²) in [7, 11) is 2.09. The van der Waals surface area contributed by atoms with Gasteiger partial charge in [-0.25, -0.2) is 4.67 Å². The summed E-state index contributed by atoms with van der Waals surface area (Å²) in [6.07, 6.45) is 3.73. The van der Waals surface area contributed by atoms with E-state index < -0.39 is 0 Å². The van der Waals surface area contributed by atoms with E-state index in [1.54, 1.807) is 23.9 Å². The molecule has 0 amide bonds. The van der Waals surface area contributed by atoms with Gasteiger partial charge in [0.2, 0.25) is 0 Å². The highest BCUT2D eigenvalue weighted by Gasteiger charge is 2.25. The summed E-state index contributed by atoms with van der Waals surface area (Å²) >= 11 is 1.80. The van der Waals surface area contributed by atoms with Crippen LogP contribution >= 0.6 is 35.7 Å². The van der Waals surface area contributed by atoms with Crippen molar-refractivity contribution in [2.75, 3.05) is 37.8 Å². The number of rotatable bonds is 1. The van der Waals surface area contributed by atoms with E-state index in [0.717, 1.165) is 42.2 Å². The van der Waals surface area contributed by atoms with Crippen molar-refractivity contribution in [2.45, 2.75) is 19.3 Å². The van der Waals surface area contributed by atoms with Crippen molar-refractivity contribution in [2.24, 2.45) is 0 Å². The predicted molar refractivity (Wildman–Crippen MR) is 110 cm³/mol. The molecule has 0 aromatic heterocycles. The average Bonchev–Trinajstić information content (AvgIpc) is 2.95. The maximum Gasteiger partial charge on any atom is 0.402 e. The molecule has 0 atom stereocenters. The van der Waals surface area contributed by atoms with Crippen molar-refractivity contribution >= 4 is 52.6 Å². The van der Waals surface area contributed by atoms with E-state index in [4.69, 9.17) is 4.67 Å². The van der Waals surface area contributed by atoms with E-state index in [1.807, 2.05) is 12.1 Å². The van der Waals surface area contributed by atoms with Gasteiger partial charge in [-0.2, -0.15) is 0 Å². The molecule has 23 heavy (non-hydrogen) atoms. The summed E-state index contributed by atoms with van der Waals surface area (Å²) in [5.41, 5.74) is 0.952. The van der Waals surface area contributed by atoms with E-state index in [-0.39, 0.29) is 29.7 Å². The molecule has 0 spiro atoms. The fourth-order valence-corrected chi connectivity index (χ4v) is 3.66. The second-order valence-electron chi connectivity index (χ2n) is 5.71. The van der Waals surface area contributed by atoms with Crippen LogP contribution in [0.15, 0.2) is 24.3 Å². The van der Waals surface area contributed by atoms with Gasteiger partial charge in [-0.1, -0.05) is 0 Å². The maximum absolute atomic E-state index is 9.42. The molecule has 2 saturated heterocycles. The van der Waals surface area contributed by atoms with Crippen molar-refractivity contribution < 1.29 is 5.11 Å². The van der Waals surface area contributed by atoms with Crippen LogP contribution in [0, 0.1) is 0 Å². The van der Waals surface area contributed by atoms with Gasteiger partial charge >= 0.3 is 11.1 Å². The molecule has 7 heteroatoms. The highest BCUT2D eigenvalue weighted by Crippen LogP contribution is 2.16. The van der Waals surface area contributed by atoms with Crippen LogP contribution in [0.4, 0.5) is 5.69 Å². The highest BCUT2D eigenvalue weighted by atomic mass is 127. The summed E-state index contributed by atoms with van der Waals surface area (Å²) in [5.74, 6) is 2.30. The van der Waals surface area contributed by atoms with Gasteiger partial charge in [0.1, 0.15) is 5.75 Å². The molecule has 5 nitrogen and oxygen atoms in total. The molecule has 0 aliphatic carbocycles. The zero-order chi connectivity index (χ0) is 15.4. The number of thioether (sulfide) groups is 1. The second-order valence-corrected chi connectivity index (χ2v) is 6.77. The zero-order valence-corrected chi connectivity index (χ0v) is 16.5. The van der Waals surface area contributed by atoms with Gasteiger partial charge in [0.05, 0.1) is 25.3 Å². The fraction of sp³-hybridized carbons (Fsp3) is 0.500. The molecule has 126 valence electrons. The normalized spacial score (nSPS) is 17.5. The number of benzene rings is 1. The van der Waals surface area contributed by atoms with Crippen LogP contribution in [-0.2, 0) is 0 Å². The lowest BCUT2D eigenvalue weighted by Gasteiger charge is -2.23. The minimum Gasteiger partial charge on any atom is -0.508 e. The van der Waals surface area contributed by atoms with E-state index in [0.29, 0.717) is 0 Å². The number of guanidine groups is 1. The first-order chi connectivity index (χ1) is 10.7. The number of piperidine rings is 1. The topological polar surface area (TPSA) is 52.8 Å². The molecule has 2 aliphatic rings. The van der Waals surface area contributed by atoms with Gasteiger partial charge in [-0.15, -0.1) is 24.0 Å². The lowest BCUT2D eigenvalue weighted by atomic mass is 10.1. The number of hydrogen-bond acceptors (Lipinski definition) is 2. The van der Waals surface area contributed by atoms with Gasteiger partial charge in [0.25, 0.3) is 0 Å². The smallest absolute Gasteiger partial charge is 0.402 e. The number of likely N-dealkylation sites (tertiary alicyclic amines) is 1. The van der Waals surface area contributed by atoms with Crippen molar-refractivity contribution in [3.63, 3.8) is 0 Å². The minimum absolute atomic E-state index is 0. The Morgan fingerprint density at radius 1 is 1.13 bits per heavy atom. The molecular formula is C16H24IN4OS+. The predicted octanol–water partition coefficient (Wildman–Crippen LogP) is 2.37. The SMILES string of the molecule is CN1CCSC1=[N+]=C(Nc1ccc(O)cc1)N1CCCCC1.I. The van der Waals surface area contributed by atoms with Crippen LogP contribution in [0.1, 0.15) is 19.3 Å². The first-order valence-corrected chi connectivity index (χ1v) is 8.81. The standard InChI is InChI=1S/C16H22N4OS.HI/c1-19-11-12-22-16(19)18-15(20-9-3-2-4-10-20)17-13-5-7-14(21)8-6-13;/h5-8,21H,2-4,9-12H2,1H3;1H/p+1. The summed E-state index contributed by atoms with van der Waals surface area (Å²) in [5, 5.41) is 13.9. The largest absolute Gasteiger partial charge is 0.508 e. The number of amidine groups is 1. The molecule has 0 saturated carbocycles. The van der Waals surface area contributed by atoms with Gasteiger partial charge in [0.15, 0.2) is 0 Å². The number of phenols is 1. The molecule has 1 aromatic carbocycles.